The summed E-state index contributed by atoms with van der Waals surface area (Å²) in [4.78, 5) is 11.3. The molecule has 0 saturated carbocycles. The summed E-state index contributed by atoms with van der Waals surface area (Å²) < 4.78 is 66.7. The van der Waals surface area contributed by atoms with Gasteiger partial charge in [0.1, 0.15) is 0 Å². The number of ether oxygens (including phenoxy) is 1. The van der Waals surface area contributed by atoms with Crippen molar-refractivity contribution in [3.63, 3.8) is 0 Å². The maximum atomic E-state index is 12.2. The maximum absolute atomic E-state index is 12.2. The molecule has 0 fully saturated rings. The van der Waals surface area contributed by atoms with Crippen molar-refractivity contribution >= 4 is 27.7 Å². The van der Waals surface area contributed by atoms with Crippen molar-refractivity contribution < 1.29 is 35.3 Å². The molecule has 1 rings (SSSR count). The molecular formula is C11H10ClF3O5S. The van der Waals surface area contributed by atoms with Gasteiger partial charge >= 0.3 is 21.6 Å². The van der Waals surface area contributed by atoms with Crippen LogP contribution in [0.5, 0.6) is 5.75 Å². The lowest BCUT2D eigenvalue weighted by Crippen LogP contribution is -2.28. The molecule has 0 N–H and O–H groups in total. The molecule has 0 spiro atoms. The van der Waals surface area contributed by atoms with Crippen molar-refractivity contribution in [2.24, 2.45) is 0 Å². The molecule has 1 atom stereocenters. The van der Waals surface area contributed by atoms with Gasteiger partial charge in [0.2, 0.25) is 0 Å². The first-order valence-corrected chi connectivity index (χ1v) is 7.16. The lowest BCUT2D eigenvalue weighted by molar-refractivity contribution is -0.142. The fourth-order valence-electron chi connectivity index (χ4n) is 1.33. The van der Waals surface area contributed by atoms with E-state index in [9.17, 15) is 26.4 Å². The number of esters is 1. The zero-order valence-electron chi connectivity index (χ0n) is 10.8. The highest BCUT2D eigenvalue weighted by molar-refractivity contribution is 7.88. The molecule has 0 aliphatic rings. The van der Waals surface area contributed by atoms with E-state index in [1.165, 1.54) is 20.1 Å². The third-order valence-electron chi connectivity index (χ3n) is 2.49. The van der Waals surface area contributed by atoms with Gasteiger partial charge in [-0.2, -0.15) is 21.6 Å². The molecule has 10 heteroatoms. The van der Waals surface area contributed by atoms with Gasteiger partial charge in [-0.05, 0) is 24.6 Å². The number of alkyl halides is 3. The summed E-state index contributed by atoms with van der Waals surface area (Å²) in [7, 11) is -4.63. The summed E-state index contributed by atoms with van der Waals surface area (Å²) in [5.74, 6) is -1.99. The summed E-state index contributed by atoms with van der Waals surface area (Å²) in [5, 5.41) is -0.379. The highest BCUT2D eigenvalue weighted by Crippen LogP contribution is 2.33. The van der Waals surface area contributed by atoms with Gasteiger partial charge in [0.25, 0.3) is 0 Å². The number of rotatable bonds is 4. The quantitative estimate of drug-likeness (QED) is 0.476. The van der Waals surface area contributed by atoms with Crippen molar-refractivity contribution in [2.45, 2.75) is 18.3 Å². The average Bonchev–Trinajstić information content (AvgIpc) is 2.37. The smallest absolute Gasteiger partial charge is 0.469 e. The summed E-state index contributed by atoms with van der Waals surface area (Å²) in [5.41, 5.74) is -5.22. The lowest BCUT2D eigenvalue weighted by atomic mass is 10.0. The van der Waals surface area contributed by atoms with E-state index in [0.29, 0.717) is 5.56 Å². The topological polar surface area (TPSA) is 69.7 Å². The molecule has 0 aromatic heterocycles. The maximum Gasteiger partial charge on any atom is 0.534 e. The molecule has 0 aliphatic heterocycles. The van der Waals surface area contributed by atoms with Gasteiger partial charge in [-0.25, -0.2) is 0 Å². The molecule has 1 aromatic carbocycles. The van der Waals surface area contributed by atoms with Crippen LogP contribution >= 0.6 is 11.6 Å². The Bertz CT molecular complexity index is 642. The standard InChI is InChI=1S/C11H10ClF3O5S/c1-6(10(16)19-2)7-3-4-9(8(12)5-7)20-21(17,18)11(13,14)15/h3-6H,1-2H3. The van der Waals surface area contributed by atoms with Gasteiger partial charge < -0.3 is 8.92 Å². The number of benzene rings is 1. The summed E-state index contributed by atoms with van der Waals surface area (Å²) in [6, 6.07) is 3.28. The molecule has 0 heterocycles. The Morgan fingerprint density at radius 3 is 2.33 bits per heavy atom. The monoisotopic (exact) mass is 346 g/mol. The second kappa shape index (κ2) is 6.10. The zero-order chi connectivity index (χ0) is 16.4. The van der Waals surface area contributed by atoms with E-state index in [1.807, 2.05) is 0 Å². The summed E-state index contributed by atoms with van der Waals surface area (Å²) in [6.45, 7) is 1.49. The highest BCUT2D eigenvalue weighted by atomic mass is 35.5. The van der Waals surface area contributed by atoms with Crippen LogP contribution < -0.4 is 4.18 Å². The molecule has 0 aliphatic carbocycles. The Labute approximate surface area is 123 Å². The summed E-state index contributed by atoms with van der Waals surface area (Å²) in [6.07, 6.45) is 0. The normalized spacial score (nSPS) is 13.6. The van der Waals surface area contributed by atoms with E-state index in [-0.39, 0.29) is 5.02 Å². The van der Waals surface area contributed by atoms with E-state index < -0.39 is 33.3 Å². The van der Waals surface area contributed by atoms with Crippen LogP contribution in [-0.4, -0.2) is 27.0 Å². The first-order chi connectivity index (χ1) is 9.49. The van der Waals surface area contributed by atoms with E-state index >= 15 is 0 Å². The van der Waals surface area contributed by atoms with Crippen molar-refractivity contribution in [1.29, 1.82) is 0 Å². The highest BCUT2D eigenvalue weighted by Gasteiger charge is 2.48. The Morgan fingerprint density at radius 2 is 1.90 bits per heavy atom. The fraction of sp³-hybridized carbons (Fsp3) is 0.364. The van der Waals surface area contributed by atoms with Gasteiger partial charge in [-0.3, -0.25) is 4.79 Å². The Kier molecular flexibility index (Phi) is 5.11. The van der Waals surface area contributed by atoms with Crippen LogP contribution in [0.3, 0.4) is 0 Å². The largest absolute Gasteiger partial charge is 0.534 e. The van der Waals surface area contributed by atoms with Crippen LogP contribution in [0.15, 0.2) is 18.2 Å². The van der Waals surface area contributed by atoms with Crippen LogP contribution in [0.2, 0.25) is 5.02 Å². The Balaban J connectivity index is 3.08. The fourth-order valence-corrected chi connectivity index (χ4v) is 2.08. The second-order valence-electron chi connectivity index (χ2n) is 3.92. The predicted octanol–water partition coefficient (Wildman–Crippen LogP) is 2.84. The number of hydrogen-bond acceptors (Lipinski definition) is 5. The molecule has 118 valence electrons. The average molecular weight is 347 g/mol. The molecule has 0 saturated heterocycles. The lowest BCUT2D eigenvalue weighted by Gasteiger charge is -2.13. The van der Waals surface area contributed by atoms with Crippen LogP contribution in [0.1, 0.15) is 18.4 Å². The third-order valence-corrected chi connectivity index (χ3v) is 3.75. The van der Waals surface area contributed by atoms with E-state index in [0.717, 1.165) is 12.1 Å². The SMILES string of the molecule is COC(=O)C(C)c1ccc(OS(=O)(=O)C(F)(F)F)c(Cl)c1. The molecule has 0 amide bonds. The number of carbonyl (C=O) groups is 1. The van der Waals surface area contributed by atoms with Crippen LogP contribution in [0.4, 0.5) is 13.2 Å². The summed E-state index contributed by atoms with van der Waals surface area (Å²) >= 11 is 5.67. The third kappa shape index (κ3) is 4.01. The Hall–Kier alpha value is -1.48. The minimum atomic E-state index is -5.80. The van der Waals surface area contributed by atoms with Gasteiger partial charge in [-0.1, -0.05) is 17.7 Å². The molecule has 1 unspecified atom stereocenters. The molecular weight excluding hydrogens is 337 g/mol. The van der Waals surface area contributed by atoms with E-state index in [1.54, 1.807) is 0 Å². The van der Waals surface area contributed by atoms with Crippen molar-refractivity contribution in [3.05, 3.63) is 28.8 Å². The van der Waals surface area contributed by atoms with Crippen LogP contribution in [0.25, 0.3) is 0 Å². The predicted molar refractivity (Wildman–Crippen MR) is 67.5 cm³/mol. The van der Waals surface area contributed by atoms with E-state index in [2.05, 4.69) is 8.92 Å². The van der Waals surface area contributed by atoms with Crippen molar-refractivity contribution in [1.82, 2.24) is 0 Å². The van der Waals surface area contributed by atoms with Crippen LogP contribution in [-0.2, 0) is 19.6 Å². The molecule has 21 heavy (non-hydrogen) atoms. The number of carbonyl (C=O) groups excluding carboxylic acids is 1. The minimum Gasteiger partial charge on any atom is -0.469 e. The van der Waals surface area contributed by atoms with Gasteiger partial charge in [-0.15, -0.1) is 0 Å². The first-order valence-electron chi connectivity index (χ1n) is 5.37. The Morgan fingerprint density at radius 1 is 1.33 bits per heavy atom. The number of halogens is 4. The van der Waals surface area contributed by atoms with Crippen LogP contribution in [0, 0.1) is 0 Å². The van der Waals surface area contributed by atoms with Gasteiger partial charge in [0, 0.05) is 0 Å². The minimum absolute atomic E-state index is 0.337. The van der Waals surface area contributed by atoms with Gasteiger partial charge in [0.05, 0.1) is 18.1 Å². The first kappa shape index (κ1) is 17.6. The van der Waals surface area contributed by atoms with Gasteiger partial charge in [0.15, 0.2) is 5.75 Å². The molecule has 1 aromatic rings. The second-order valence-corrected chi connectivity index (χ2v) is 5.86. The molecule has 5 nitrogen and oxygen atoms in total. The molecule has 0 radical (unpaired) electrons. The molecule has 0 bridgehead atoms. The number of methoxy groups -OCH3 is 1. The van der Waals surface area contributed by atoms with E-state index in [4.69, 9.17) is 11.6 Å². The zero-order valence-corrected chi connectivity index (χ0v) is 12.3. The van der Waals surface area contributed by atoms with Crippen molar-refractivity contribution in [2.75, 3.05) is 7.11 Å². The number of hydrogen-bond donors (Lipinski definition) is 0. The van der Waals surface area contributed by atoms with Crippen molar-refractivity contribution in [3.8, 4) is 5.75 Å².